The highest BCUT2D eigenvalue weighted by Crippen LogP contribution is 2.35. The summed E-state index contributed by atoms with van der Waals surface area (Å²) in [6.45, 7) is 1.58. The molecular formula is C20H18F3N3OS. The van der Waals surface area contributed by atoms with E-state index in [0.29, 0.717) is 10.6 Å². The van der Waals surface area contributed by atoms with Crippen molar-refractivity contribution in [2.75, 3.05) is 5.32 Å². The van der Waals surface area contributed by atoms with Crippen molar-refractivity contribution in [3.05, 3.63) is 52.7 Å². The molecule has 1 N–H and O–H groups in total. The van der Waals surface area contributed by atoms with Gasteiger partial charge in [-0.1, -0.05) is 23.9 Å². The summed E-state index contributed by atoms with van der Waals surface area (Å²) in [5.41, 5.74) is 1.20. The molecule has 1 aliphatic carbocycles. The number of para-hydroxylation sites is 1. The lowest BCUT2D eigenvalue weighted by molar-refractivity contribution is -0.137. The van der Waals surface area contributed by atoms with Crippen LogP contribution in [0.25, 0.3) is 0 Å². The number of hydrogen-bond acceptors (Lipinski definition) is 4. The number of nitrogens with one attached hydrogen (secondary N) is 1. The van der Waals surface area contributed by atoms with E-state index >= 15 is 0 Å². The van der Waals surface area contributed by atoms with E-state index in [2.05, 4.69) is 16.4 Å². The number of anilines is 1. The number of carbonyl (C=O) groups excluding carboxylic acids is 1. The Kier molecular flexibility index (Phi) is 5.94. The van der Waals surface area contributed by atoms with Crippen molar-refractivity contribution in [3.8, 4) is 6.07 Å². The Balaban J connectivity index is 1.78. The average molecular weight is 405 g/mol. The van der Waals surface area contributed by atoms with Crippen LogP contribution in [-0.2, 0) is 23.8 Å². The van der Waals surface area contributed by atoms with Gasteiger partial charge in [0.05, 0.1) is 22.1 Å². The molecule has 0 radical (unpaired) electrons. The van der Waals surface area contributed by atoms with Crippen LogP contribution in [0, 0.1) is 11.3 Å². The van der Waals surface area contributed by atoms with Gasteiger partial charge in [0.1, 0.15) is 11.1 Å². The third-order valence-corrected chi connectivity index (χ3v) is 5.64. The lowest BCUT2D eigenvalue weighted by Gasteiger charge is -2.19. The van der Waals surface area contributed by atoms with Gasteiger partial charge < -0.3 is 5.32 Å². The monoisotopic (exact) mass is 405 g/mol. The fourth-order valence-corrected chi connectivity index (χ4v) is 3.97. The van der Waals surface area contributed by atoms with Crippen LogP contribution in [0.1, 0.15) is 42.1 Å². The highest BCUT2D eigenvalue weighted by atomic mass is 32.2. The van der Waals surface area contributed by atoms with Crippen molar-refractivity contribution >= 4 is 23.4 Å². The second-order valence-corrected chi connectivity index (χ2v) is 7.89. The van der Waals surface area contributed by atoms with Crippen LogP contribution in [0.15, 0.2) is 35.4 Å². The summed E-state index contributed by atoms with van der Waals surface area (Å²) in [5, 5.41) is 11.5. The minimum Gasteiger partial charge on any atom is -0.325 e. The fourth-order valence-electron chi connectivity index (χ4n) is 3.08. The molecule has 0 bridgehead atoms. The number of fused-ring (bicyclic) bond motifs is 1. The molecule has 1 atom stereocenters. The van der Waals surface area contributed by atoms with Gasteiger partial charge in [0.15, 0.2) is 0 Å². The number of alkyl halides is 3. The van der Waals surface area contributed by atoms with Gasteiger partial charge >= 0.3 is 6.18 Å². The van der Waals surface area contributed by atoms with E-state index in [4.69, 9.17) is 0 Å². The lowest BCUT2D eigenvalue weighted by Crippen LogP contribution is -2.24. The first-order valence-electron chi connectivity index (χ1n) is 8.86. The molecule has 1 aromatic heterocycles. The Morgan fingerprint density at radius 1 is 1.29 bits per heavy atom. The fraction of sp³-hybridized carbons (Fsp3) is 0.350. The third kappa shape index (κ3) is 4.47. The maximum Gasteiger partial charge on any atom is 0.418 e. The van der Waals surface area contributed by atoms with E-state index in [1.807, 2.05) is 6.07 Å². The van der Waals surface area contributed by atoms with Crippen LogP contribution >= 0.6 is 11.8 Å². The van der Waals surface area contributed by atoms with E-state index in [0.717, 1.165) is 54.8 Å². The molecule has 4 nitrogen and oxygen atoms in total. The van der Waals surface area contributed by atoms with E-state index in [9.17, 15) is 23.2 Å². The van der Waals surface area contributed by atoms with Crippen LogP contribution in [-0.4, -0.2) is 16.1 Å². The minimum absolute atomic E-state index is 0.286. The molecule has 0 fully saturated rings. The minimum atomic E-state index is -4.56. The van der Waals surface area contributed by atoms with Crippen molar-refractivity contribution in [1.29, 1.82) is 5.26 Å². The van der Waals surface area contributed by atoms with Gasteiger partial charge in [0.25, 0.3) is 0 Å². The number of benzene rings is 1. The quantitative estimate of drug-likeness (QED) is 0.730. The van der Waals surface area contributed by atoms with Gasteiger partial charge in [-0.3, -0.25) is 4.79 Å². The second-order valence-electron chi connectivity index (χ2n) is 6.56. The molecule has 0 saturated heterocycles. The standard InChI is InChI=1S/C20H18F3N3OS/c1-12(18(27)25-17-9-5-3-7-15(17)20(21,22)23)28-19-14(11-24)10-13-6-2-4-8-16(13)26-19/h3,5,7,9-10,12H,2,4,6,8H2,1H3,(H,25,27). The molecule has 1 amide bonds. The maximum atomic E-state index is 13.1. The number of amides is 1. The maximum absolute atomic E-state index is 13.1. The predicted molar refractivity (Wildman–Crippen MR) is 101 cm³/mol. The Morgan fingerprint density at radius 3 is 2.71 bits per heavy atom. The van der Waals surface area contributed by atoms with E-state index < -0.39 is 22.9 Å². The van der Waals surface area contributed by atoms with Crippen LogP contribution < -0.4 is 5.32 Å². The number of pyridine rings is 1. The number of aryl methyl sites for hydroxylation is 2. The number of carbonyl (C=O) groups is 1. The lowest BCUT2D eigenvalue weighted by atomic mass is 9.95. The molecule has 146 valence electrons. The topological polar surface area (TPSA) is 65.8 Å². The number of hydrogen-bond donors (Lipinski definition) is 1. The van der Waals surface area contributed by atoms with Crippen molar-refractivity contribution < 1.29 is 18.0 Å². The van der Waals surface area contributed by atoms with Crippen molar-refractivity contribution in [1.82, 2.24) is 4.98 Å². The Hall–Kier alpha value is -2.53. The number of rotatable bonds is 4. The van der Waals surface area contributed by atoms with Gasteiger partial charge in [0, 0.05) is 5.69 Å². The molecule has 28 heavy (non-hydrogen) atoms. The second kappa shape index (κ2) is 8.23. The highest BCUT2D eigenvalue weighted by molar-refractivity contribution is 8.00. The molecule has 3 rings (SSSR count). The summed E-state index contributed by atoms with van der Waals surface area (Å²) >= 11 is 1.08. The first kappa shape index (κ1) is 20.2. The first-order valence-corrected chi connectivity index (χ1v) is 9.74. The summed E-state index contributed by atoms with van der Waals surface area (Å²) in [4.78, 5) is 17.0. The first-order chi connectivity index (χ1) is 13.3. The Labute approximate surface area is 165 Å². The molecule has 1 aliphatic rings. The summed E-state index contributed by atoms with van der Waals surface area (Å²) in [7, 11) is 0. The summed E-state index contributed by atoms with van der Waals surface area (Å²) in [6, 6.07) is 8.76. The molecule has 1 unspecified atom stereocenters. The Morgan fingerprint density at radius 2 is 2.00 bits per heavy atom. The summed E-state index contributed by atoms with van der Waals surface area (Å²) in [6.07, 6.45) is -0.765. The molecule has 2 aromatic rings. The number of nitrogens with zero attached hydrogens (tertiary/aromatic N) is 2. The number of thioether (sulfide) groups is 1. The predicted octanol–water partition coefficient (Wildman–Crippen LogP) is 4.97. The van der Waals surface area contributed by atoms with Crippen LogP contribution in [0.4, 0.5) is 18.9 Å². The molecule has 0 saturated carbocycles. The largest absolute Gasteiger partial charge is 0.418 e. The van der Waals surface area contributed by atoms with Gasteiger partial charge in [-0.2, -0.15) is 18.4 Å². The number of halogens is 3. The molecule has 1 heterocycles. The van der Waals surface area contributed by atoms with Gasteiger partial charge in [-0.15, -0.1) is 0 Å². The zero-order valence-corrected chi connectivity index (χ0v) is 16.0. The Bertz CT molecular complexity index is 937. The smallest absolute Gasteiger partial charge is 0.325 e. The molecule has 0 spiro atoms. The van der Waals surface area contributed by atoms with Crippen molar-refractivity contribution in [2.45, 2.75) is 49.1 Å². The van der Waals surface area contributed by atoms with Crippen molar-refractivity contribution in [3.63, 3.8) is 0 Å². The van der Waals surface area contributed by atoms with Gasteiger partial charge in [0.2, 0.25) is 5.91 Å². The summed E-state index contributed by atoms with van der Waals surface area (Å²) in [5.74, 6) is -0.579. The molecule has 1 aromatic carbocycles. The van der Waals surface area contributed by atoms with Crippen molar-refractivity contribution in [2.24, 2.45) is 0 Å². The van der Waals surface area contributed by atoms with E-state index in [1.54, 1.807) is 6.92 Å². The zero-order chi connectivity index (χ0) is 20.3. The van der Waals surface area contributed by atoms with Crippen LogP contribution in [0.5, 0.6) is 0 Å². The number of aromatic nitrogens is 1. The van der Waals surface area contributed by atoms with E-state index in [1.165, 1.54) is 18.2 Å². The third-order valence-electron chi connectivity index (χ3n) is 4.53. The van der Waals surface area contributed by atoms with Gasteiger partial charge in [-0.05, 0) is 56.4 Å². The van der Waals surface area contributed by atoms with E-state index in [-0.39, 0.29) is 5.69 Å². The highest BCUT2D eigenvalue weighted by Gasteiger charge is 2.34. The molecule has 8 heteroatoms. The number of nitriles is 1. The van der Waals surface area contributed by atoms with Crippen LogP contribution in [0.3, 0.4) is 0 Å². The molecule has 0 aliphatic heterocycles. The SMILES string of the molecule is CC(Sc1nc2c(cc1C#N)CCCC2)C(=O)Nc1ccccc1C(F)(F)F. The summed E-state index contributed by atoms with van der Waals surface area (Å²) < 4.78 is 39.3. The zero-order valence-electron chi connectivity index (χ0n) is 15.1. The van der Waals surface area contributed by atoms with Crippen LogP contribution in [0.2, 0.25) is 0 Å². The average Bonchev–Trinajstić information content (AvgIpc) is 2.67. The van der Waals surface area contributed by atoms with Gasteiger partial charge in [-0.25, -0.2) is 4.98 Å². The molecular weight excluding hydrogens is 387 g/mol. The normalized spacial score (nSPS) is 14.7.